The average Bonchev–Trinajstić information content (AvgIpc) is 2.61. The van der Waals surface area contributed by atoms with Crippen molar-refractivity contribution in [3.05, 3.63) is 12.3 Å². The number of ether oxygens (including phenoxy) is 2. The van der Waals surface area contributed by atoms with Gasteiger partial charge in [0.15, 0.2) is 0 Å². The van der Waals surface area contributed by atoms with Crippen LogP contribution in [0.5, 0.6) is 0 Å². The Labute approximate surface area is 145 Å². The molecule has 6 heteroatoms. The summed E-state index contributed by atoms with van der Waals surface area (Å²) in [6.07, 6.45) is 6.56. The summed E-state index contributed by atoms with van der Waals surface area (Å²) in [5, 5.41) is 3.47. The van der Waals surface area contributed by atoms with Gasteiger partial charge in [-0.2, -0.15) is 4.98 Å². The van der Waals surface area contributed by atoms with Gasteiger partial charge in [0.25, 0.3) is 0 Å². The zero-order valence-electron chi connectivity index (χ0n) is 14.9. The maximum atomic E-state index is 5.96. The standard InChI is InChI=1S/C18H30N4O2/c1-14(2)12-24-16-6-9-22(10-7-16)18-19-8-5-17(21-18)20-15-4-3-11-23-13-15/h5,8,14-16H,3-4,6-7,9-13H2,1-2H3,(H,19,20,21). The molecule has 134 valence electrons. The van der Waals surface area contributed by atoms with Crippen molar-refractivity contribution in [1.29, 1.82) is 0 Å². The Bertz CT molecular complexity index is 498. The van der Waals surface area contributed by atoms with Gasteiger partial charge in [-0.1, -0.05) is 13.8 Å². The van der Waals surface area contributed by atoms with E-state index in [1.807, 2.05) is 12.3 Å². The molecule has 1 aromatic heterocycles. The molecule has 0 saturated carbocycles. The highest BCUT2D eigenvalue weighted by molar-refractivity contribution is 5.42. The van der Waals surface area contributed by atoms with E-state index in [1.165, 1.54) is 0 Å². The lowest BCUT2D eigenvalue weighted by molar-refractivity contribution is 0.0213. The van der Waals surface area contributed by atoms with E-state index in [9.17, 15) is 0 Å². The second-order valence-corrected chi connectivity index (χ2v) is 7.21. The zero-order chi connectivity index (χ0) is 16.8. The molecule has 2 saturated heterocycles. The van der Waals surface area contributed by atoms with E-state index < -0.39 is 0 Å². The summed E-state index contributed by atoms with van der Waals surface area (Å²) in [5.74, 6) is 2.31. The van der Waals surface area contributed by atoms with E-state index in [0.717, 1.165) is 70.4 Å². The van der Waals surface area contributed by atoms with E-state index in [-0.39, 0.29) is 0 Å². The molecule has 3 heterocycles. The molecule has 1 N–H and O–H groups in total. The number of nitrogens with zero attached hydrogens (tertiary/aromatic N) is 3. The lowest BCUT2D eigenvalue weighted by Gasteiger charge is -2.32. The van der Waals surface area contributed by atoms with Crippen LogP contribution in [-0.2, 0) is 9.47 Å². The molecule has 0 bridgehead atoms. The Balaban J connectivity index is 1.51. The normalized spacial score (nSPS) is 22.8. The Morgan fingerprint density at radius 2 is 2.17 bits per heavy atom. The fourth-order valence-electron chi connectivity index (χ4n) is 3.20. The van der Waals surface area contributed by atoms with E-state index in [2.05, 4.69) is 29.0 Å². The second-order valence-electron chi connectivity index (χ2n) is 7.21. The highest BCUT2D eigenvalue weighted by Gasteiger charge is 2.22. The summed E-state index contributed by atoms with van der Waals surface area (Å²) in [4.78, 5) is 11.4. The first-order chi connectivity index (χ1) is 11.7. The Hall–Kier alpha value is -1.40. The molecule has 0 aromatic carbocycles. The molecule has 3 rings (SSSR count). The van der Waals surface area contributed by atoms with Crippen LogP contribution in [0.15, 0.2) is 12.3 Å². The number of rotatable bonds is 6. The number of hydrogen-bond donors (Lipinski definition) is 1. The van der Waals surface area contributed by atoms with Crippen LogP contribution in [0.25, 0.3) is 0 Å². The van der Waals surface area contributed by atoms with Gasteiger partial charge in [-0.3, -0.25) is 0 Å². The van der Waals surface area contributed by atoms with Gasteiger partial charge in [0, 0.05) is 32.5 Å². The number of anilines is 2. The van der Waals surface area contributed by atoms with Crippen molar-refractivity contribution in [1.82, 2.24) is 9.97 Å². The topological polar surface area (TPSA) is 59.5 Å². The average molecular weight is 334 g/mol. The summed E-state index contributed by atoms with van der Waals surface area (Å²) >= 11 is 0. The molecule has 2 fully saturated rings. The molecule has 1 unspecified atom stereocenters. The Morgan fingerprint density at radius 1 is 1.33 bits per heavy atom. The first-order valence-corrected chi connectivity index (χ1v) is 9.24. The molecular weight excluding hydrogens is 304 g/mol. The number of hydrogen-bond acceptors (Lipinski definition) is 6. The molecule has 0 spiro atoms. The summed E-state index contributed by atoms with van der Waals surface area (Å²) in [5.41, 5.74) is 0. The minimum Gasteiger partial charge on any atom is -0.379 e. The fourth-order valence-corrected chi connectivity index (χ4v) is 3.20. The molecule has 24 heavy (non-hydrogen) atoms. The second kappa shape index (κ2) is 8.62. The predicted molar refractivity (Wildman–Crippen MR) is 95.5 cm³/mol. The van der Waals surface area contributed by atoms with Crippen molar-refractivity contribution in [2.45, 2.75) is 51.7 Å². The number of nitrogens with one attached hydrogen (secondary N) is 1. The van der Waals surface area contributed by atoms with Crippen LogP contribution >= 0.6 is 0 Å². The molecule has 2 aliphatic rings. The van der Waals surface area contributed by atoms with E-state index >= 15 is 0 Å². The fraction of sp³-hybridized carbons (Fsp3) is 0.778. The predicted octanol–water partition coefficient (Wildman–Crippen LogP) is 2.71. The van der Waals surface area contributed by atoms with Gasteiger partial charge in [-0.15, -0.1) is 0 Å². The SMILES string of the molecule is CC(C)COC1CCN(c2nccc(NC3CCCOC3)n2)CC1. The summed E-state index contributed by atoms with van der Waals surface area (Å²) in [6, 6.07) is 2.30. The van der Waals surface area contributed by atoms with Crippen LogP contribution in [0.3, 0.4) is 0 Å². The third-order valence-corrected chi connectivity index (χ3v) is 4.55. The van der Waals surface area contributed by atoms with E-state index in [4.69, 9.17) is 14.5 Å². The molecule has 1 atom stereocenters. The summed E-state index contributed by atoms with van der Waals surface area (Å²) in [7, 11) is 0. The molecule has 0 amide bonds. The van der Waals surface area contributed by atoms with E-state index in [1.54, 1.807) is 0 Å². The third kappa shape index (κ3) is 5.05. The smallest absolute Gasteiger partial charge is 0.227 e. The van der Waals surface area contributed by atoms with E-state index in [0.29, 0.717) is 18.1 Å². The number of aromatic nitrogens is 2. The lowest BCUT2D eigenvalue weighted by Crippen LogP contribution is -2.38. The van der Waals surface area contributed by atoms with Gasteiger partial charge >= 0.3 is 0 Å². The summed E-state index contributed by atoms with van der Waals surface area (Å²) < 4.78 is 11.5. The van der Waals surface area contributed by atoms with Crippen LogP contribution in [0.2, 0.25) is 0 Å². The maximum absolute atomic E-state index is 5.96. The molecule has 1 aromatic rings. The van der Waals surface area contributed by atoms with Gasteiger partial charge in [0.05, 0.1) is 18.8 Å². The molecule has 0 aliphatic carbocycles. The maximum Gasteiger partial charge on any atom is 0.227 e. The van der Waals surface area contributed by atoms with Crippen molar-refractivity contribution < 1.29 is 9.47 Å². The van der Waals surface area contributed by atoms with Crippen LogP contribution in [0.1, 0.15) is 39.5 Å². The third-order valence-electron chi connectivity index (χ3n) is 4.55. The van der Waals surface area contributed by atoms with Crippen LogP contribution in [-0.4, -0.2) is 55.0 Å². The largest absolute Gasteiger partial charge is 0.379 e. The first-order valence-electron chi connectivity index (χ1n) is 9.24. The van der Waals surface area contributed by atoms with Gasteiger partial charge < -0.3 is 19.7 Å². The van der Waals surface area contributed by atoms with Gasteiger partial charge in [0.2, 0.25) is 5.95 Å². The van der Waals surface area contributed by atoms with Crippen molar-refractivity contribution in [2.24, 2.45) is 5.92 Å². The minimum absolute atomic E-state index is 0.358. The van der Waals surface area contributed by atoms with Crippen LogP contribution in [0, 0.1) is 5.92 Å². The molecular formula is C18H30N4O2. The Morgan fingerprint density at radius 3 is 2.88 bits per heavy atom. The van der Waals surface area contributed by atoms with Gasteiger partial charge in [-0.25, -0.2) is 4.98 Å². The van der Waals surface area contributed by atoms with Crippen LogP contribution in [0.4, 0.5) is 11.8 Å². The van der Waals surface area contributed by atoms with Crippen molar-refractivity contribution in [2.75, 3.05) is 43.1 Å². The Kier molecular flexibility index (Phi) is 6.26. The molecule has 6 nitrogen and oxygen atoms in total. The lowest BCUT2D eigenvalue weighted by atomic mass is 10.1. The zero-order valence-corrected chi connectivity index (χ0v) is 14.9. The van der Waals surface area contributed by atoms with Crippen molar-refractivity contribution >= 4 is 11.8 Å². The van der Waals surface area contributed by atoms with Crippen LogP contribution < -0.4 is 10.2 Å². The first kappa shape index (κ1) is 17.4. The highest BCUT2D eigenvalue weighted by atomic mass is 16.5. The van der Waals surface area contributed by atoms with Gasteiger partial charge in [-0.05, 0) is 37.7 Å². The van der Waals surface area contributed by atoms with Crippen molar-refractivity contribution in [3.63, 3.8) is 0 Å². The number of piperidine rings is 1. The highest BCUT2D eigenvalue weighted by Crippen LogP contribution is 2.20. The van der Waals surface area contributed by atoms with Crippen molar-refractivity contribution in [3.8, 4) is 0 Å². The van der Waals surface area contributed by atoms with Gasteiger partial charge in [0.1, 0.15) is 5.82 Å². The minimum atomic E-state index is 0.358. The monoisotopic (exact) mass is 334 g/mol. The molecule has 0 radical (unpaired) electrons. The quantitative estimate of drug-likeness (QED) is 0.863. The summed E-state index contributed by atoms with van der Waals surface area (Å²) in [6.45, 7) is 8.79. The molecule has 2 aliphatic heterocycles.